The van der Waals surface area contributed by atoms with Crippen molar-refractivity contribution in [1.82, 2.24) is 24.4 Å². The van der Waals surface area contributed by atoms with Crippen molar-refractivity contribution in [2.75, 3.05) is 20.2 Å². The van der Waals surface area contributed by atoms with Gasteiger partial charge in [-0.05, 0) is 37.9 Å². The minimum atomic E-state index is 0.0236. The average Bonchev–Trinajstić information content (AvgIpc) is 2.59. The zero-order valence-corrected chi connectivity index (χ0v) is 13.3. The lowest BCUT2D eigenvalue weighted by atomic mass is 9.96. The number of aromatic nitrogens is 4. The molecule has 0 radical (unpaired) electrons. The van der Waals surface area contributed by atoms with Crippen LogP contribution >= 0.6 is 0 Å². The second kappa shape index (κ2) is 7.32. The lowest BCUT2D eigenvalue weighted by Gasteiger charge is -2.31. The second-order valence-electron chi connectivity index (χ2n) is 5.83. The monoisotopic (exact) mass is 315 g/mol. The molecule has 0 bridgehead atoms. The fraction of sp³-hybridized carbons (Fsp3) is 0.500. The van der Waals surface area contributed by atoms with Crippen molar-refractivity contribution in [3.8, 4) is 6.01 Å². The molecule has 0 aromatic carbocycles. The Morgan fingerprint density at radius 1 is 1.26 bits per heavy atom. The van der Waals surface area contributed by atoms with Gasteiger partial charge in [0, 0.05) is 31.5 Å². The van der Waals surface area contributed by atoms with Crippen molar-refractivity contribution in [2.24, 2.45) is 5.92 Å². The van der Waals surface area contributed by atoms with Gasteiger partial charge in [0.1, 0.15) is 0 Å². The van der Waals surface area contributed by atoms with Crippen molar-refractivity contribution in [3.63, 3.8) is 0 Å². The first-order valence-corrected chi connectivity index (χ1v) is 7.83. The Balaban J connectivity index is 1.52. The molecule has 1 aliphatic rings. The van der Waals surface area contributed by atoms with E-state index >= 15 is 0 Å². The fourth-order valence-corrected chi connectivity index (χ4v) is 2.91. The molecule has 0 spiro atoms. The molecule has 7 nitrogen and oxygen atoms in total. The van der Waals surface area contributed by atoms with Crippen molar-refractivity contribution in [1.29, 1.82) is 0 Å². The van der Waals surface area contributed by atoms with Crippen LogP contribution in [0.4, 0.5) is 0 Å². The van der Waals surface area contributed by atoms with Crippen LogP contribution in [-0.4, -0.2) is 44.6 Å². The van der Waals surface area contributed by atoms with E-state index in [1.807, 2.05) is 6.07 Å². The van der Waals surface area contributed by atoms with Gasteiger partial charge < -0.3 is 4.74 Å². The Labute approximate surface area is 135 Å². The molecule has 0 saturated carbocycles. The Hall–Kier alpha value is -2.28. The summed E-state index contributed by atoms with van der Waals surface area (Å²) in [5, 5.41) is 0. The molecular weight excluding hydrogens is 294 g/mol. The lowest BCUT2D eigenvalue weighted by molar-refractivity contribution is 0.164. The van der Waals surface area contributed by atoms with Crippen LogP contribution in [0.1, 0.15) is 18.5 Å². The molecule has 1 aliphatic heterocycles. The number of ether oxygens (including phenoxy) is 1. The predicted molar refractivity (Wildman–Crippen MR) is 85.1 cm³/mol. The molecule has 1 saturated heterocycles. The zero-order valence-electron chi connectivity index (χ0n) is 13.3. The van der Waals surface area contributed by atoms with E-state index in [1.165, 1.54) is 12.3 Å². The average molecular weight is 315 g/mol. The highest BCUT2D eigenvalue weighted by atomic mass is 16.5. The summed E-state index contributed by atoms with van der Waals surface area (Å²) in [6.07, 6.45) is 7.04. The SMILES string of the molecule is COc1nccc(CN2CCC(Cn3cnccc3=O)CC2)n1. The van der Waals surface area contributed by atoms with Crippen LogP contribution in [0.3, 0.4) is 0 Å². The largest absolute Gasteiger partial charge is 0.467 e. The highest BCUT2D eigenvalue weighted by Gasteiger charge is 2.20. The van der Waals surface area contributed by atoms with Crippen LogP contribution < -0.4 is 10.3 Å². The molecule has 3 heterocycles. The number of hydrogen-bond donors (Lipinski definition) is 0. The topological polar surface area (TPSA) is 73.1 Å². The maximum absolute atomic E-state index is 11.7. The third-order valence-electron chi connectivity index (χ3n) is 4.21. The molecule has 0 atom stereocenters. The summed E-state index contributed by atoms with van der Waals surface area (Å²) in [5.41, 5.74) is 0.995. The van der Waals surface area contributed by atoms with E-state index < -0.39 is 0 Å². The summed E-state index contributed by atoms with van der Waals surface area (Å²) >= 11 is 0. The second-order valence-corrected chi connectivity index (χ2v) is 5.83. The highest BCUT2D eigenvalue weighted by Crippen LogP contribution is 2.20. The third-order valence-corrected chi connectivity index (χ3v) is 4.21. The Morgan fingerprint density at radius 2 is 2.09 bits per heavy atom. The van der Waals surface area contributed by atoms with Crippen LogP contribution in [0.15, 0.2) is 35.6 Å². The summed E-state index contributed by atoms with van der Waals surface area (Å²) in [6.45, 7) is 3.57. The molecule has 3 rings (SSSR count). The van der Waals surface area contributed by atoms with Crippen LogP contribution in [0.25, 0.3) is 0 Å². The minimum Gasteiger partial charge on any atom is -0.467 e. The molecular formula is C16H21N5O2. The predicted octanol–water partition coefficient (Wildman–Crippen LogP) is 0.954. The molecule has 2 aromatic heterocycles. The zero-order chi connectivity index (χ0) is 16.1. The molecule has 2 aromatic rings. The number of hydrogen-bond acceptors (Lipinski definition) is 6. The quantitative estimate of drug-likeness (QED) is 0.818. The van der Waals surface area contributed by atoms with Crippen molar-refractivity contribution < 1.29 is 4.74 Å². The summed E-state index contributed by atoms with van der Waals surface area (Å²) in [6, 6.07) is 3.84. The standard InChI is InChI=1S/C16H21N5O2/c1-23-16-18-7-2-14(19-16)11-20-8-4-13(5-9-20)10-21-12-17-6-3-15(21)22/h2-3,6-7,12-13H,4-5,8-11H2,1H3. The molecule has 7 heteroatoms. The molecule has 0 unspecified atom stereocenters. The maximum Gasteiger partial charge on any atom is 0.316 e. The van der Waals surface area contributed by atoms with Gasteiger partial charge in [-0.2, -0.15) is 4.98 Å². The van der Waals surface area contributed by atoms with Gasteiger partial charge >= 0.3 is 6.01 Å². The number of methoxy groups -OCH3 is 1. The van der Waals surface area contributed by atoms with Crippen LogP contribution in [0.2, 0.25) is 0 Å². The number of likely N-dealkylation sites (tertiary alicyclic amines) is 1. The van der Waals surface area contributed by atoms with E-state index in [-0.39, 0.29) is 5.56 Å². The van der Waals surface area contributed by atoms with E-state index in [4.69, 9.17) is 4.74 Å². The summed E-state index contributed by atoms with van der Waals surface area (Å²) in [4.78, 5) is 26.5. The summed E-state index contributed by atoms with van der Waals surface area (Å²) < 4.78 is 6.76. The Bertz CT molecular complexity index is 695. The highest BCUT2D eigenvalue weighted by molar-refractivity contribution is 5.05. The van der Waals surface area contributed by atoms with Gasteiger partial charge in [-0.3, -0.25) is 14.3 Å². The van der Waals surface area contributed by atoms with Crippen molar-refractivity contribution in [3.05, 3.63) is 46.9 Å². The Morgan fingerprint density at radius 3 is 2.83 bits per heavy atom. The fourth-order valence-electron chi connectivity index (χ4n) is 2.91. The molecule has 23 heavy (non-hydrogen) atoms. The van der Waals surface area contributed by atoms with E-state index in [2.05, 4.69) is 19.9 Å². The van der Waals surface area contributed by atoms with E-state index in [0.29, 0.717) is 11.9 Å². The van der Waals surface area contributed by atoms with Gasteiger partial charge in [-0.15, -0.1) is 0 Å². The molecule has 122 valence electrons. The summed E-state index contributed by atoms with van der Waals surface area (Å²) in [7, 11) is 1.57. The minimum absolute atomic E-state index is 0.0236. The Kier molecular flexibility index (Phi) is 4.97. The first-order chi connectivity index (χ1) is 11.2. The van der Waals surface area contributed by atoms with Gasteiger partial charge in [-0.25, -0.2) is 9.97 Å². The van der Waals surface area contributed by atoms with Crippen LogP contribution in [-0.2, 0) is 13.1 Å². The molecule has 1 fully saturated rings. The van der Waals surface area contributed by atoms with Gasteiger partial charge in [0.2, 0.25) is 0 Å². The van der Waals surface area contributed by atoms with Gasteiger partial charge in [0.15, 0.2) is 0 Å². The molecule has 0 aliphatic carbocycles. The van der Waals surface area contributed by atoms with E-state index in [9.17, 15) is 4.79 Å². The van der Waals surface area contributed by atoms with Crippen molar-refractivity contribution in [2.45, 2.75) is 25.9 Å². The van der Waals surface area contributed by atoms with Crippen LogP contribution in [0, 0.1) is 5.92 Å². The van der Waals surface area contributed by atoms with Gasteiger partial charge in [0.25, 0.3) is 5.56 Å². The van der Waals surface area contributed by atoms with E-state index in [0.717, 1.165) is 44.7 Å². The third kappa shape index (κ3) is 4.13. The molecule has 0 amide bonds. The van der Waals surface area contributed by atoms with E-state index in [1.54, 1.807) is 24.2 Å². The van der Waals surface area contributed by atoms with Gasteiger partial charge in [0.05, 0.1) is 19.1 Å². The normalized spacial score (nSPS) is 16.4. The number of nitrogens with zero attached hydrogens (tertiary/aromatic N) is 5. The van der Waals surface area contributed by atoms with Crippen molar-refractivity contribution >= 4 is 0 Å². The smallest absolute Gasteiger partial charge is 0.316 e. The first-order valence-electron chi connectivity index (χ1n) is 7.83. The van der Waals surface area contributed by atoms with Gasteiger partial charge in [-0.1, -0.05) is 0 Å². The van der Waals surface area contributed by atoms with Crippen LogP contribution in [0.5, 0.6) is 6.01 Å². The number of piperidine rings is 1. The number of rotatable bonds is 5. The first kappa shape index (κ1) is 15.6. The lowest BCUT2D eigenvalue weighted by Crippen LogP contribution is -2.36. The summed E-state index contributed by atoms with van der Waals surface area (Å²) in [5.74, 6) is 0.521. The molecule has 0 N–H and O–H groups in total. The maximum atomic E-state index is 11.7.